The van der Waals surface area contributed by atoms with Gasteiger partial charge in [-0.3, -0.25) is 4.68 Å². The van der Waals surface area contributed by atoms with Crippen molar-refractivity contribution < 1.29 is 0 Å². The van der Waals surface area contributed by atoms with Crippen LogP contribution in [-0.4, -0.2) is 23.4 Å². The summed E-state index contributed by atoms with van der Waals surface area (Å²) in [4.78, 5) is 0. The summed E-state index contributed by atoms with van der Waals surface area (Å²) in [5.41, 5.74) is 2.50. The first-order valence-corrected chi connectivity index (χ1v) is 6.89. The van der Waals surface area contributed by atoms with Crippen LogP contribution in [-0.2, 0) is 13.0 Å². The van der Waals surface area contributed by atoms with Crippen molar-refractivity contribution in [2.45, 2.75) is 33.2 Å². The lowest BCUT2D eigenvalue weighted by atomic mass is 9.98. The number of rotatable bonds is 6. The number of aromatic nitrogens is 2. The van der Waals surface area contributed by atoms with E-state index in [0.29, 0.717) is 5.92 Å². The van der Waals surface area contributed by atoms with Crippen molar-refractivity contribution in [2.24, 2.45) is 5.92 Å². The highest BCUT2D eigenvalue weighted by Gasteiger charge is 2.13. The van der Waals surface area contributed by atoms with E-state index < -0.39 is 0 Å². The lowest BCUT2D eigenvalue weighted by molar-refractivity contribution is 0.473. The molecule has 0 amide bonds. The zero-order valence-electron chi connectivity index (χ0n) is 11.6. The SMILES string of the molecule is CCC(CNC)Cc1nn(CC)c2ccccc12. The molecule has 1 unspecified atom stereocenters. The molecule has 1 aromatic carbocycles. The molecule has 0 saturated carbocycles. The van der Waals surface area contributed by atoms with Crippen LogP contribution in [0.5, 0.6) is 0 Å². The van der Waals surface area contributed by atoms with Gasteiger partial charge in [-0.05, 0) is 38.9 Å². The third-order valence-corrected chi connectivity index (χ3v) is 3.59. The Morgan fingerprint density at radius 3 is 2.72 bits per heavy atom. The summed E-state index contributed by atoms with van der Waals surface area (Å²) in [6.45, 7) is 6.39. The molecule has 0 aliphatic carbocycles. The molecule has 1 atom stereocenters. The van der Waals surface area contributed by atoms with Crippen LogP contribution < -0.4 is 5.32 Å². The summed E-state index contributed by atoms with van der Waals surface area (Å²) >= 11 is 0. The first-order valence-electron chi connectivity index (χ1n) is 6.89. The fraction of sp³-hybridized carbons (Fsp3) is 0.533. The minimum atomic E-state index is 0.665. The van der Waals surface area contributed by atoms with Crippen molar-refractivity contribution in [1.82, 2.24) is 15.1 Å². The molecule has 2 rings (SSSR count). The zero-order valence-corrected chi connectivity index (χ0v) is 11.6. The molecule has 0 aliphatic rings. The fourth-order valence-corrected chi connectivity index (χ4v) is 2.51. The van der Waals surface area contributed by atoms with Crippen molar-refractivity contribution in [3.05, 3.63) is 30.0 Å². The lowest BCUT2D eigenvalue weighted by Crippen LogP contribution is -2.20. The molecule has 0 saturated heterocycles. The highest BCUT2D eigenvalue weighted by Crippen LogP contribution is 2.21. The molecule has 1 aromatic heterocycles. The summed E-state index contributed by atoms with van der Waals surface area (Å²) in [7, 11) is 2.02. The quantitative estimate of drug-likeness (QED) is 0.848. The molecule has 0 radical (unpaired) electrons. The van der Waals surface area contributed by atoms with E-state index in [1.54, 1.807) is 0 Å². The van der Waals surface area contributed by atoms with Gasteiger partial charge in [-0.25, -0.2) is 0 Å². The average Bonchev–Trinajstić information content (AvgIpc) is 2.76. The van der Waals surface area contributed by atoms with Gasteiger partial charge in [0.15, 0.2) is 0 Å². The van der Waals surface area contributed by atoms with Gasteiger partial charge in [0, 0.05) is 11.9 Å². The predicted molar refractivity (Wildman–Crippen MR) is 76.8 cm³/mol. The zero-order chi connectivity index (χ0) is 13.0. The topological polar surface area (TPSA) is 29.9 Å². The molecule has 0 spiro atoms. The molecular formula is C15H23N3. The lowest BCUT2D eigenvalue weighted by Gasteiger charge is -2.12. The van der Waals surface area contributed by atoms with E-state index in [9.17, 15) is 0 Å². The monoisotopic (exact) mass is 245 g/mol. The van der Waals surface area contributed by atoms with Gasteiger partial charge in [0.05, 0.1) is 11.2 Å². The Bertz CT molecular complexity index is 501. The number of hydrogen-bond donors (Lipinski definition) is 1. The number of benzene rings is 1. The fourth-order valence-electron chi connectivity index (χ4n) is 2.51. The highest BCUT2D eigenvalue weighted by atomic mass is 15.3. The first kappa shape index (κ1) is 13.1. The Hall–Kier alpha value is -1.35. The van der Waals surface area contributed by atoms with E-state index in [1.165, 1.54) is 23.0 Å². The molecule has 3 heteroatoms. The number of fused-ring (bicyclic) bond motifs is 1. The Kier molecular flexibility index (Phi) is 4.37. The average molecular weight is 245 g/mol. The second-order valence-corrected chi connectivity index (χ2v) is 4.82. The molecule has 0 bridgehead atoms. The van der Waals surface area contributed by atoms with Crippen molar-refractivity contribution in [3.8, 4) is 0 Å². The highest BCUT2D eigenvalue weighted by molar-refractivity contribution is 5.81. The predicted octanol–water partition coefficient (Wildman–Crippen LogP) is 2.84. The molecule has 0 aliphatic heterocycles. The van der Waals surface area contributed by atoms with Crippen molar-refractivity contribution >= 4 is 10.9 Å². The van der Waals surface area contributed by atoms with E-state index in [2.05, 4.69) is 48.1 Å². The Labute approximate surface area is 109 Å². The third-order valence-electron chi connectivity index (χ3n) is 3.59. The molecular weight excluding hydrogens is 222 g/mol. The van der Waals surface area contributed by atoms with Crippen LogP contribution in [0.1, 0.15) is 26.0 Å². The van der Waals surface area contributed by atoms with Crippen molar-refractivity contribution in [3.63, 3.8) is 0 Å². The maximum absolute atomic E-state index is 4.77. The molecule has 0 fully saturated rings. The van der Waals surface area contributed by atoms with Gasteiger partial charge >= 0.3 is 0 Å². The minimum absolute atomic E-state index is 0.665. The Morgan fingerprint density at radius 2 is 2.06 bits per heavy atom. The minimum Gasteiger partial charge on any atom is -0.319 e. The van der Waals surface area contributed by atoms with Crippen molar-refractivity contribution in [2.75, 3.05) is 13.6 Å². The number of hydrogen-bond acceptors (Lipinski definition) is 2. The van der Waals surface area contributed by atoms with Crippen LogP contribution in [0.3, 0.4) is 0 Å². The van der Waals surface area contributed by atoms with Gasteiger partial charge in [-0.15, -0.1) is 0 Å². The Morgan fingerprint density at radius 1 is 1.28 bits per heavy atom. The summed E-state index contributed by atoms with van der Waals surface area (Å²) in [5.74, 6) is 0.665. The molecule has 98 valence electrons. The molecule has 1 heterocycles. The second-order valence-electron chi connectivity index (χ2n) is 4.82. The van der Waals surface area contributed by atoms with Gasteiger partial charge in [0.2, 0.25) is 0 Å². The summed E-state index contributed by atoms with van der Waals surface area (Å²) in [6, 6.07) is 8.54. The van der Waals surface area contributed by atoms with Crippen LogP contribution >= 0.6 is 0 Å². The van der Waals surface area contributed by atoms with E-state index in [-0.39, 0.29) is 0 Å². The molecule has 3 nitrogen and oxygen atoms in total. The van der Waals surface area contributed by atoms with Crippen LogP contribution in [0.4, 0.5) is 0 Å². The summed E-state index contributed by atoms with van der Waals surface area (Å²) in [6.07, 6.45) is 2.25. The van der Waals surface area contributed by atoms with Gasteiger partial charge in [0.1, 0.15) is 0 Å². The van der Waals surface area contributed by atoms with Gasteiger partial charge < -0.3 is 5.32 Å². The van der Waals surface area contributed by atoms with Gasteiger partial charge in [-0.1, -0.05) is 31.5 Å². The third kappa shape index (κ3) is 2.56. The molecule has 1 N–H and O–H groups in total. The maximum Gasteiger partial charge on any atom is 0.0706 e. The smallest absolute Gasteiger partial charge is 0.0706 e. The van der Waals surface area contributed by atoms with Crippen LogP contribution in [0, 0.1) is 5.92 Å². The molecule has 2 aromatic rings. The van der Waals surface area contributed by atoms with E-state index in [0.717, 1.165) is 19.5 Å². The van der Waals surface area contributed by atoms with E-state index in [4.69, 9.17) is 5.10 Å². The Balaban J connectivity index is 2.32. The van der Waals surface area contributed by atoms with Crippen LogP contribution in [0.2, 0.25) is 0 Å². The standard InChI is InChI=1S/C15H23N3/c1-4-12(11-16-3)10-14-13-8-6-7-9-15(13)18(5-2)17-14/h6-9,12,16H,4-5,10-11H2,1-3H3. The summed E-state index contributed by atoms with van der Waals surface area (Å²) in [5, 5.41) is 9.35. The van der Waals surface area contributed by atoms with Crippen molar-refractivity contribution in [1.29, 1.82) is 0 Å². The number of nitrogens with one attached hydrogen (secondary N) is 1. The summed E-state index contributed by atoms with van der Waals surface area (Å²) < 4.78 is 2.11. The number of nitrogens with zero attached hydrogens (tertiary/aromatic N) is 2. The van der Waals surface area contributed by atoms with E-state index in [1.807, 2.05) is 7.05 Å². The maximum atomic E-state index is 4.77. The number of para-hydroxylation sites is 1. The van der Waals surface area contributed by atoms with Crippen LogP contribution in [0.15, 0.2) is 24.3 Å². The van der Waals surface area contributed by atoms with E-state index >= 15 is 0 Å². The number of aryl methyl sites for hydroxylation is 1. The van der Waals surface area contributed by atoms with Gasteiger partial charge in [-0.2, -0.15) is 5.10 Å². The van der Waals surface area contributed by atoms with Gasteiger partial charge in [0.25, 0.3) is 0 Å². The normalized spacial score (nSPS) is 13.1. The second kappa shape index (κ2) is 6.01. The largest absolute Gasteiger partial charge is 0.319 e. The van der Waals surface area contributed by atoms with Crippen LogP contribution in [0.25, 0.3) is 10.9 Å². The molecule has 18 heavy (non-hydrogen) atoms. The first-order chi connectivity index (χ1) is 8.80.